The van der Waals surface area contributed by atoms with Crippen molar-refractivity contribution in [1.82, 2.24) is 9.97 Å². The van der Waals surface area contributed by atoms with Crippen LogP contribution in [-0.2, 0) is 4.79 Å². The molecule has 3 aromatic rings. The first-order valence-electron chi connectivity index (χ1n) is 7.99. The van der Waals surface area contributed by atoms with Gasteiger partial charge in [-0.3, -0.25) is 4.79 Å². The first kappa shape index (κ1) is 17.1. The van der Waals surface area contributed by atoms with E-state index in [9.17, 15) is 4.79 Å². The SMILES string of the molecule is Cc1ccc2nc(SCC(=O)N(CCC#N)c3ccccc3)[nH]c2c1. The van der Waals surface area contributed by atoms with E-state index in [-0.39, 0.29) is 11.7 Å². The number of para-hydroxylation sites is 1. The minimum absolute atomic E-state index is 0.0388. The van der Waals surface area contributed by atoms with E-state index in [1.165, 1.54) is 11.8 Å². The van der Waals surface area contributed by atoms with Crippen LogP contribution in [0.5, 0.6) is 0 Å². The van der Waals surface area contributed by atoms with Gasteiger partial charge in [-0.05, 0) is 36.8 Å². The summed E-state index contributed by atoms with van der Waals surface area (Å²) in [4.78, 5) is 22.0. The van der Waals surface area contributed by atoms with Gasteiger partial charge in [0.15, 0.2) is 5.16 Å². The number of hydrogen-bond acceptors (Lipinski definition) is 4. The Morgan fingerprint density at radius 3 is 2.84 bits per heavy atom. The lowest BCUT2D eigenvalue weighted by Gasteiger charge is -2.21. The molecule has 0 aliphatic carbocycles. The highest BCUT2D eigenvalue weighted by Gasteiger charge is 2.16. The van der Waals surface area contributed by atoms with Crippen LogP contribution in [0.4, 0.5) is 5.69 Å². The van der Waals surface area contributed by atoms with Gasteiger partial charge in [0.1, 0.15) is 0 Å². The fourth-order valence-corrected chi connectivity index (χ4v) is 3.31. The lowest BCUT2D eigenvalue weighted by Crippen LogP contribution is -2.33. The summed E-state index contributed by atoms with van der Waals surface area (Å²) in [5, 5.41) is 9.57. The number of nitrogens with one attached hydrogen (secondary N) is 1. The largest absolute Gasteiger partial charge is 0.333 e. The Morgan fingerprint density at radius 2 is 2.08 bits per heavy atom. The molecule has 0 unspecified atom stereocenters. The molecular weight excluding hydrogens is 332 g/mol. The van der Waals surface area contributed by atoms with E-state index in [0.29, 0.717) is 13.0 Å². The van der Waals surface area contributed by atoms with Crippen molar-refractivity contribution >= 4 is 34.4 Å². The van der Waals surface area contributed by atoms with E-state index < -0.39 is 0 Å². The molecule has 1 aromatic heterocycles. The number of aryl methyl sites for hydroxylation is 1. The molecule has 5 nitrogen and oxygen atoms in total. The average molecular weight is 350 g/mol. The predicted octanol–water partition coefficient (Wildman–Crippen LogP) is 3.91. The quantitative estimate of drug-likeness (QED) is 0.684. The summed E-state index contributed by atoms with van der Waals surface area (Å²) in [5.41, 5.74) is 3.84. The van der Waals surface area contributed by atoms with Crippen molar-refractivity contribution in [2.45, 2.75) is 18.5 Å². The molecule has 0 fully saturated rings. The number of nitrogens with zero attached hydrogens (tertiary/aromatic N) is 3. The normalized spacial score (nSPS) is 10.6. The first-order chi connectivity index (χ1) is 12.2. The standard InChI is InChI=1S/C19H18N4OS/c1-14-8-9-16-17(12-14)22-19(21-16)25-13-18(24)23(11-5-10-20)15-6-3-2-4-7-15/h2-4,6-9,12H,5,11,13H2,1H3,(H,21,22). The summed E-state index contributed by atoms with van der Waals surface area (Å²) in [6, 6.07) is 17.6. The molecule has 0 saturated heterocycles. The smallest absolute Gasteiger partial charge is 0.237 e. The number of benzene rings is 2. The van der Waals surface area contributed by atoms with Crippen molar-refractivity contribution in [2.75, 3.05) is 17.2 Å². The summed E-state index contributed by atoms with van der Waals surface area (Å²) in [6.07, 6.45) is 0.301. The van der Waals surface area contributed by atoms with Crippen molar-refractivity contribution in [3.05, 3.63) is 54.1 Å². The number of nitriles is 1. The van der Waals surface area contributed by atoms with Gasteiger partial charge in [0, 0.05) is 12.2 Å². The Hall–Kier alpha value is -2.78. The molecule has 6 heteroatoms. The lowest BCUT2D eigenvalue weighted by molar-refractivity contribution is -0.116. The Morgan fingerprint density at radius 1 is 1.28 bits per heavy atom. The molecule has 0 saturated carbocycles. The molecule has 2 aromatic carbocycles. The number of H-pyrrole nitrogens is 1. The van der Waals surface area contributed by atoms with E-state index >= 15 is 0 Å². The van der Waals surface area contributed by atoms with Gasteiger partial charge in [-0.25, -0.2) is 4.98 Å². The predicted molar refractivity (Wildman–Crippen MR) is 101 cm³/mol. The fraction of sp³-hybridized carbons (Fsp3) is 0.211. The van der Waals surface area contributed by atoms with Crippen molar-refractivity contribution in [3.8, 4) is 6.07 Å². The van der Waals surface area contributed by atoms with E-state index in [4.69, 9.17) is 5.26 Å². The molecule has 0 aliphatic heterocycles. The van der Waals surface area contributed by atoms with Gasteiger partial charge in [0.25, 0.3) is 0 Å². The third-order valence-corrected chi connectivity index (χ3v) is 4.62. The van der Waals surface area contributed by atoms with Gasteiger partial charge >= 0.3 is 0 Å². The monoisotopic (exact) mass is 350 g/mol. The van der Waals surface area contributed by atoms with Gasteiger partial charge in [-0.1, -0.05) is 36.0 Å². The maximum absolute atomic E-state index is 12.6. The molecule has 1 N–H and O–H groups in total. The van der Waals surface area contributed by atoms with Crippen LogP contribution in [-0.4, -0.2) is 28.2 Å². The Balaban J connectivity index is 1.71. The maximum Gasteiger partial charge on any atom is 0.237 e. The minimum Gasteiger partial charge on any atom is -0.333 e. The number of amides is 1. The van der Waals surface area contributed by atoms with Gasteiger partial charge < -0.3 is 9.88 Å². The Labute approximate surface area is 150 Å². The summed E-state index contributed by atoms with van der Waals surface area (Å²) in [6.45, 7) is 2.42. The van der Waals surface area contributed by atoms with Crippen LogP contribution >= 0.6 is 11.8 Å². The van der Waals surface area contributed by atoms with Crippen LogP contribution in [0.2, 0.25) is 0 Å². The van der Waals surface area contributed by atoms with Crippen LogP contribution in [0.15, 0.2) is 53.7 Å². The van der Waals surface area contributed by atoms with Crippen LogP contribution < -0.4 is 4.90 Å². The van der Waals surface area contributed by atoms with Crippen LogP contribution in [0, 0.1) is 18.3 Å². The van der Waals surface area contributed by atoms with E-state index in [1.54, 1.807) is 4.90 Å². The second-order valence-electron chi connectivity index (χ2n) is 5.64. The number of anilines is 1. The highest BCUT2D eigenvalue weighted by atomic mass is 32.2. The summed E-state index contributed by atoms with van der Waals surface area (Å²) in [5.74, 6) is 0.224. The van der Waals surface area contributed by atoms with Gasteiger partial charge in [0.05, 0.1) is 29.3 Å². The topological polar surface area (TPSA) is 72.8 Å². The molecule has 1 amide bonds. The number of fused-ring (bicyclic) bond motifs is 1. The molecule has 0 radical (unpaired) electrons. The zero-order valence-corrected chi connectivity index (χ0v) is 14.7. The fourth-order valence-electron chi connectivity index (χ4n) is 2.54. The van der Waals surface area contributed by atoms with Crippen molar-refractivity contribution < 1.29 is 4.79 Å². The second-order valence-corrected chi connectivity index (χ2v) is 6.60. The van der Waals surface area contributed by atoms with Gasteiger partial charge in [0.2, 0.25) is 5.91 Å². The zero-order chi connectivity index (χ0) is 17.6. The number of aromatic amines is 1. The second kappa shape index (κ2) is 7.86. The third-order valence-electron chi connectivity index (χ3n) is 3.76. The number of rotatable bonds is 6. The number of imidazole rings is 1. The molecule has 1 heterocycles. The summed E-state index contributed by atoms with van der Waals surface area (Å²) < 4.78 is 0. The maximum atomic E-state index is 12.6. The number of thioether (sulfide) groups is 1. The molecule has 126 valence electrons. The lowest BCUT2D eigenvalue weighted by atomic mass is 10.2. The molecule has 0 spiro atoms. The molecule has 0 bridgehead atoms. The molecule has 0 atom stereocenters. The molecule has 3 rings (SSSR count). The van der Waals surface area contributed by atoms with Crippen molar-refractivity contribution in [1.29, 1.82) is 5.26 Å². The van der Waals surface area contributed by atoms with Crippen molar-refractivity contribution in [3.63, 3.8) is 0 Å². The van der Waals surface area contributed by atoms with Crippen molar-refractivity contribution in [2.24, 2.45) is 0 Å². The van der Waals surface area contributed by atoms with Crippen LogP contribution in [0.3, 0.4) is 0 Å². The number of carbonyl (C=O) groups is 1. The number of aromatic nitrogens is 2. The minimum atomic E-state index is -0.0388. The Bertz CT molecular complexity index is 914. The molecule has 0 aliphatic rings. The van der Waals surface area contributed by atoms with E-state index in [2.05, 4.69) is 16.0 Å². The van der Waals surface area contributed by atoms with E-state index in [1.807, 2.05) is 55.5 Å². The van der Waals surface area contributed by atoms with Gasteiger partial charge in [-0.2, -0.15) is 5.26 Å². The van der Waals surface area contributed by atoms with E-state index in [0.717, 1.165) is 27.4 Å². The molecular formula is C19H18N4OS. The van der Waals surface area contributed by atoms with Crippen LogP contribution in [0.25, 0.3) is 11.0 Å². The molecule has 25 heavy (non-hydrogen) atoms. The Kier molecular flexibility index (Phi) is 5.36. The number of hydrogen-bond donors (Lipinski definition) is 1. The summed E-state index contributed by atoms with van der Waals surface area (Å²) >= 11 is 1.38. The van der Waals surface area contributed by atoms with Gasteiger partial charge in [-0.15, -0.1) is 0 Å². The zero-order valence-electron chi connectivity index (χ0n) is 13.9. The summed E-state index contributed by atoms with van der Waals surface area (Å²) in [7, 11) is 0. The highest BCUT2D eigenvalue weighted by Crippen LogP contribution is 2.22. The van der Waals surface area contributed by atoms with Crippen LogP contribution in [0.1, 0.15) is 12.0 Å². The highest BCUT2D eigenvalue weighted by molar-refractivity contribution is 7.99. The third kappa shape index (κ3) is 4.20. The number of carbonyl (C=O) groups excluding carboxylic acids is 1. The first-order valence-corrected chi connectivity index (χ1v) is 8.97. The average Bonchev–Trinajstić information content (AvgIpc) is 3.03.